The van der Waals surface area contributed by atoms with Crippen molar-refractivity contribution in [2.45, 2.75) is 36.9 Å². The van der Waals surface area contributed by atoms with Gasteiger partial charge in [0.2, 0.25) is 5.91 Å². The molecule has 8 nitrogen and oxygen atoms in total. The molecule has 1 aliphatic carbocycles. The van der Waals surface area contributed by atoms with Crippen molar-refractivity contribution in [2.24, 2.45) is 5.92 Å². The van der Waals surface area contributed by atoms with Gasteiger partial charge in [0.15, 0.2) is 5.11 Å². The van der Waals surface area contributed by atoms with E-state index in [1.54, 1.807) is 0 Å². The Bertz CT molecular complexity index is 883. The normalized spacial score (nSPS) is 30.6. The molecule has 1 amide bonds. The summed E-state index contributed by atoms with van der Waals surface area (Å²) in [6.45, 7) is 3.84. The van der Waals surface area contributed by atoms with Gasteiger partial charge in [0.05, 0.1) is 42.9 Å². The van der Waals surface area contributed by atoms with E-state index in [9.17, 15) is 28.2 Å². The molecule has 3 aliphatic rings. The molecular formula is C21H27F3N4O4S. The van der Waals surface area contributed by atoms with Crippen LogP contribution in [0.5, 0.6) is 0 Å². The fourth-order valence-corrected chi connectivity index (χ4v) is 5.13. The van der Waals surface area contributed by atoms with Crippen LogP contribution in [-0.2, 0) is 15.7 Å². The Kier molecular flexibility index (Phi) is 7.10. The summed E-state index contributed by atoms with van der Waals surface area (Å²) >= 11 is 5.37. The number of anilines is 1. The largest absolute Gasteiger partial charge is 0.416 e. The van der Waals surface area contributed by atoms with Gasteiger partial charge in [-0.15, -0.1) is 0 Å². The maximum atomic E-state index is 13.3. The molecule has 12 heteroatoms. The molecule has 3 fully saturated rings. The van der Waals surface area contributed by atoms with Crippen LogP contribution in [0.1, 0.15) is 12.0 Å². The highest BCUT2D eigenvalue weighted by Crippen LogP contribution is 2.38. The molecule has 0 aromatic heterocycles. The van der Waals surface area contributed by atoms with Gasteiger partial charge in [0.25, 0.3) is 0 Å². The molecule has 33 heavy (non-hydrogen) atoms. The van der Waals surface area contributed by atoms with Crippen LogP contribution in [-0.4, -0.2) is 89.8 Å². The zero-order valence-corrected chi connectivity index (χ0v) is 18.6. The number of ether oxygens (including phenoxy) is 1. The number of hydrogen-bond donors (Lipinski definition) is 4. The smallest absolute Gasteiger partial charge is 0.390 e. The number of halogens is 3. The molecule has 0 radical (unpaired) electrons. The number of thiocarbonyl (C=S) groups is 1. The monoisotopic (exact) mass is 488 g/mol. The van der Waals surface area contributed by atoms with Crippen LogP contribution >= 0.6 is 12.2 Å². The molecule has 2 heterocycles. The lowest BCUT2D eigenvalue weighted by Crippen LogP contribution is -2.61. The lowest BCUT2D eigenvalue weighted by atomic mass is 9.77. The standard InChI is InChI=1S/C21H27F3N4O4S/c22-21(23,24)12-2-1-3-13(10-12)28-17-14(11-15(29)18(30)16(17)26-20(28)33)19(31)25-4-5-27-6-8-32-9-7-27/h1-3,10,14-18,29-30H,4-9,11H2,(H,25,31)(H,26,33). The first-order valence-corrected chi connectivity index (χ1v) is 11.3. The Morgan fingerprint density at radius 2 is 2.00 bits per heavy atom. The lowest BCUT2D eigenvalue weighted by Gasteiger charge is -2.41. The molecular weight excluding hydrogens is 461 g/mol. The summed E-state index contributed by atoms with van der Waals surface area (Å²) in [5.41, 5.74) is -0.668. The highest BCUT2D eigenvalue weighted by molar-refractivity contribution is 7.80. The average Bonchev–Trinajstić information content (AvgIpc) is 3.13. The number of nitrogens with zero attached hydrogens (tertiary/aromatic N) is 2. The van der Waals surface area contributed by atoms with Gasteiger partial charge in [0, 0.05) is 31.9 Å². The number of rotatable bonds is 5. The van der Waals surface area contributed by atoms with E-state index in [1.165, 1.54) is 17.0 Å². The lowest BCUT2D eigenvalue weighted by molar-refractivity contribution is -0.137. The Morgan fingerprint density at radius 3 is 2.70 bits per heavy atom. The third-order valence-corrected chi connectivity index (χ3v) is 6.78. The number of benzene rings is 1. The van der Waals surface area contributed by atoms with E-state index in [-0.39, 0.29) is 23.1 Å². The first-order valence-electron chi connectivity index (χ1n) is 10.9. The first-order chi connectivity index (χ1) is 15.7. The van der Waals surface area contributed by atoms with Crippen molar-refractivity contribution in [3.8, 4) is 0 Å². The van der Waals surface area contributed by atoms with Crippen LogP contribution in [0.2, 0.25) is 0 Å². The molecule has 0 bridgehead atoms. The Balaban J connectivity index is 1.54. The van der Waals surface area contributed by atoms with Gasteiger partial charge >= 0.3 is 6.18 Å². The van der Waals surface area contributed by atoms with Gasteiger partial charge in [-0.25, -0.2) is 0 Å². The Labute approximate surface area is 194 Å². The summed E-state index contributed by atoms with van der Waals surface area (Å²) in [6, 6.07) is 3.15. The quantitative estimate of drug-likeness (QED) is 0.441. The van der Waals surface area contributed by atoms with Crippen LogP contribution in [0.25, 0.3) is 0 Å². The van der Waals surface area contributed by atoms with Crippen molar-refractivity contribution < 1.29 is 32.9 Å². The van der Waals surface area contributed by atoms with Gasteiger partial charge in [-0.2, -0.15) is 13.2 Å². The van der Waals surface area contributed by atoms with E-state index in [2.05, 4.69) is 15.5 Å². The molecule has 2 aliphatic heterocycles. The molecule has 0 spiro atoms. The highest BCUT2D eigenvalue weighted by atomic mass is 32.1. The number of carbonyl (C=O) groups excluding carboxylic acids is 1. The van der Waals surface area contributed by atoms with Crippen molar-refractivity contribution >= 4 is 28.9 Å². The van der Waals surface area contributed by atoms with Crippen molar-refractivity contribution in [2.75, 3.05) is 44.3 Å². The number of aliphatic hydroxyl groups is 2. The second-order valence-electron chi connectivity index (χ2n) is 8.53. The second kappa shape index (κ2) is 9.71. The van der Waals surface area contributed by atoms with Crippen molar-refractivity contribution in [1.29, 1.82) is 0 Å². The first kappa shape index (κ1) is 24.1. The number of carbonyl (C=O) groups is 1. The van der Waals surface area contributed by atoms with E-state index in [4.69, 9.17) is 17.0 Å². The molecule has 1 saturated carbocycles. The molecule has 4 N–H and O–H groups in total. The molecule has 182 valence electrons. The molecule has 2 saturated heterocycles. The third kappa shape index (κ3) is 5.09. The maximum Gasteiger partial charge on any atom is 0.416 e. The topological polar surface area (TPSA) is 97.3 Å². The summed E-state index contributed by atoms with van der Waals surface area (Å²) < 4.78 is 45.1. The van der Waals surface area contributed by atoms with Gasteiger partial charge in [-0.05, 0) is 36.8 Å². The predicted molar refractivity (Wildman–Crippen MR) is 118 cm³/mol. The Morgan fingerprint density at radius 1 is 1.27 bits per heavy atom. The molecule has 5 unspecified atom stereocenters. The second-order valence-corrected chi connectivity index (χ2v) is 8.92. The predicted octanol–water partition coefficient (Wildman–Crippen LogP) is 0.327. The molecule has 4 rings (SSSR count). The van der Waals surface area contributed by atoms with E-state index in [0.717, 1.165) is 25.2 Å². The fourth-order valence-electron chi connectivity index (χ4n) is 4.77. The van der Waals surface area contributed by atoms with E-state index < -0.39 is 41.9 Å². The van der Waals surface area contributed by atoms with Gasteiger partial charge < -0.3 is 30.5 Å². The van der Waals surface area contributed by atoms with Crippen molar-refractivity contribution in [3.05, 3.63) is 29.8 Å². The van der Waals surface area contributed by atoms with Crippen LogP contribution in [0.4, 0.5) is 18.9 Å². The number of hydrogen-bond acceptors (Lipinski definition) is 6. The van der Waals surface area contributed by atoms with Crippen molar-refractivity contribution in [3.63, 3.8) is 0 Å². The number of fused-ring (bicyclic) bond motifs is 1. The summed E-state index contributed by atoms with van der Waals surface area (Å²) in [6.07, 6.45) is -6.96. The summed E-state index contributed by atoms with van der Waals surface area (Å²) in [5.74, 6) is -1.13. The summed E-state index contributed by atoms with van der Waals surface area (Å²) in [5, 5.41) is 26.8. The van der Waals surface area contributed by atoms with Crippen LogP contribution in [0.3, 0.4) is 0 Å². The van der Waals surface area contributed by atoms with E-state index in [1.807, 2.05) is 0 Å². The molecule has 1 aromatic carbocycles. The number of aliphatic hydroxyl groups excluding tert-OH is 2. The number of morpholine rings is 1. The van der Waals surface area contributed by atoms with Gasteiger partial charge in [0.1, 0.15) is 6.10 Å². The van der Waals surface area contributed by atoms with E-state index >= 15 is 0 Å². The van der Waals surface area contributed by atoms with Crippen molar-refractivity contribution in [1.82, 2.24) is 15.5 Å². The van der Waals surface area contributed by atoms with Crippen LogP contribution in [0.15, 0.2) is 24.3 Å². The minimum atomic E-state index is -4.54. The third-order valence-electron chi connectivity index (χ3n) is 6.46. The fraction of sp³-hybridized carbons (Fsp3) is 0.619. The highest BCUT2D eigenvalue weighted by Gasteiger charge is 2.54. The summed E-state index contributed by atoms with van der Waals surface area (Å²) in [7, 11) is 0. The number of amides is 1. The summed E-state index contributed by atoms with van der Waals surface area (Å²) in [4.78, 5) is 16.7. The number of alkyl halides is 3. The zero-order valence-electron chi connectivity index (χ0n) is 17.8. The van der Waals surface area contributed by atoms with Gasteiger partial charge in [-0.1, -0.05) is 6.07 Å². The van der Waals surface area contributed by atoms with Crippen LogP contribution in [0, 0.1) is 5.92 Å². The molecule has 1 aromatic rings. The number of nitrogens with one attached hydrogen (secondary N) is 2. The minimum absolute atomic E-state index is 0.0362. The zero-order chi connectivity index (χ0) is 23.8. The van der Waals surface area contributed by atoms with Gasteiger partial charge in [-0.3, -0.25) is 9.69 Å². The average molecular weight is 489 g/mol. The SMILES string of the molecule is O=C(NCCN1CCOCC1)C1CC(O)C(O)C2NC(=S)N(c3cccc(C(F)(F)F)c3)C12. The minimum Gasteiger partial charge on any atom is -0.390 e. The van der Waals surface area contributed by atoms with Crippen LogP contribution < -0.4 is 15.5 Å². The molecule has 5 atom stereocenters. The maximum absolute atomic E-state index is 13.3. The van der Waals surface area contributed by atoms with E-state index in [0.29, 0.717) is 26.3 Å². The Hall–Kier alpha value is -1.99.